The molecule has 0 radical (unpaired) electrons. The Labute approximate surface area is 167 Å². The highest BCUT2D eigenvalue weighted by molar-refractivity contribution is 9.10. The normalized spacial score (nSPS) is 11.8. The molecule has 0 unspecified atom stereocenters. The number of carbonyl (C=O) groups excluding carboxylic acids is 1. The molecule has 0 saturated heterocycles. The molecular weight excluding hydrogens is 434 g/mol. The number of hydrogen-bond donors (Lipinski definition) is 1. The van der Waals surface area contributed by atoms with Crippen molar-refractivity contribution in [3.8, 4) is 5.75 Å². The summed E-state index contributed by atoms with van der Waals surface area (Å²) in [7, 11) is -2.14. The van der Waals surface area contributed by atoms with E-state index in [4.69, 9.17) is 4.74 Å². The highest BCUT2D eigenvalue weighted by Crippen LogP contribution is 2.21. The van der Waals surface area contributed by atoms with E-state index >= 15 is 0 Å². The second kappa shape index (κ2) is 9.01. The molecule has 2 aromatic rings. The van der Waals surface area contributed by atoms with Crippen LogP contribution in [0.25, 0.3) is 0 Å². The Morgan fingerprint density at radius 1 is 1.22 bits per heavy atom. The van der Waals surface area contributed by atoms with Gasteiger partial charge in [-0.1, -0.05) is 28.1 Å². The quantitative estimate of drug-likeness (QED) is 0.515. The molecule has 0 bridgehead atoms. The molecule has 0 aliphatic carbocycles. The zero-order chi connectivity index (χ0) is 20.0. The molecule has 0 aromatic heterocycles. The minimum Gasteiger partial charge on any atom is -0.497 e. The molecule has 0 atom stereocenters. The van der Waals surface area contributed by atoms with Gasteiger partial charge in [0.2, 0.25) is 10.0 Å². The lowest BCUT2D eigenvalue weighted by molar-refractivity contribution is -0.119. The van der Waals surface area contributed by atoms with E-state index in [0.717, 1.165) is 20.6 Å². The topological polar surface area (TPSA) is 88.1 Å². The third-order valence-corrected chi connectivity index (χ3v) is 5.27. The molecule has 0 saturated carbocycles. The molecule has 9 heteroatoms. The van der Waals surface area contributed by atoms with Gasteiger partial charge < -0.3 is 4.74 Å². The van der Waals surface area contributed by atoms with Crippen LogP contribution in [-0.4, -0.2) is 39.9 Å². The summed E-state index contributed by atoms with van der Waals surface area (Å²) in [4.78, 5) is 12.2. The van der Waals surface area contributed by atoms with Crippen LogP contribution < -0.4 is 14.5 Å². The fraction of sp³-hybridized carbons (Fsp3) is 0.222. The lowest BCUT2D eigenvalue weighted by Gasteiger charge is -2.21. The minimum atomic E-state index is -3.65. The standard InChI is InChI=1S/C18H20BrN3O4S/c1-13(14-5-4-6-15(19)11-14)20-21-18(23)12-22(27(3,24)25)16-7-9-17(26-2)10-8-16/h4-11H,12H2,1-3H3,(H,21,23)/b20-13-. The van der Waals surface area contributed by atoms with Crippen molar-refractivity contribution < 1.29 is 17.9 Å². The van der Waals surface area contributed by atoms with Crippen LogP contribution in [0.2, 0.25) is 0 Å². The van der Waals surface area contributed by atoms with Crippen LogP contribution in [0.4, 0.5) is 5.69 Å². The number of benzene rings is 2. The fourth-order valence-electron chi connectivity index (χ4n) is 2.24. The van der Waals surface area contributed by atoms with Crippen LogP contribution in [0.3, 0.4) is 0 Å². The predicted octanol–water partition coefficient (Wildman–Crippen LogP) is 2.76. The van der Waals surface area contributed by atoms with Gasteiger partial charge in [-0.05, 0) is 48.9 Å². The Morgan fingerprint density at radius 3 is 2.44 bits per heavy atom. The molecule has 27 heavy (non-hydrogen) atoms. The first-order valence-corrected chi connectivity index (χ1v) is 10.6. The number of rotatable bonds is 7. The molecular formula is C18H20BrN3O4S. The molecule has 0 aliphatic heterocycles. The van der Waals surface area contributed by atoms with Crippen LogP contribution >= 0.6 is 15.9 Å². The van der Waals surface area contributed by atoms with Gasteiger partial charge in [0.1, 0.15) is 12.3 Å². The molecule has 2 aromatic carbocycles. The Hall–Kier alpha value is -2.39. The van der Waals surface area contributed by atoms with E-state index in [0.29, 0.717) is 17.1 Å². The average Bonchev–Trinajstić information content (AvgIpc) is 2.63. The smallest absolute Gasteiger partial charge is 0.260 e. The van der Waals surface area contributed by atoms with Crippen LogP contribution in [0.15, 0.2) is 58.1 Å². The van der Waals surface area contributed by atoms with Gasteiger partial charge in [-0.2, -0.15) is 5.10 Å². The number of carbonyl (C=O) groups is 1. The largest absolute Gasteiger partial charge is 0.497 e. The van der Waals surface area contributed by atoms with Crippen LogP contribution in [0.1, 0.15) is 12.5 Å². The summed E-state index contributed by atoms with van der Waals surface area (Å²) in [6, 6.07) is 13.9. The summed E-state index contributed by atoms with van der Waals surface area (Å²) in [5, 5.41) is 4.05. The Bertz CT molecular complexity index is 943. The van der Waals surface area contributed by atoms with Gasteiger partial charge in [-0.15, -0.1) is 0 Å². The summed E-state index contributed by atoms with van der Waals surface area (Å²) in [6.07, 6.45) is 1.04. The molecule has 0 heterocycles. The molecule has 0 spiro atoms. The summed E-state index contributed by atoms with van der Waals surface area (Å²) < 4.78 is 31.1. The Kier molecular flexibility index (Phi) is 6.98. The summed E-state index contributed by atoms with van der Waals surface area (Å²) in [5.74, 6) is 0.0384. The molecule has 0 aliphatic rings. The number of hydrogen-bond acceptors (Lipinski definition) is 5. The van der Waals surface area contributed by atoms with Crippen LogP contribution in [0, 0.1) is 0 Å². The van der Waals surface area contributed by atoms with E-state index in [1.54, 1.807) is 31.2 Å². The molecule has 1 amide bonds. The van der Waals surface area contributed by atoms with Gasteiger partial charge >= 0.3 is 0 Å². The number of hydrazone groups is 1. The number of nitrogens with zero attached hydrogens (tertiary/aromatic N) is 2. The molecule has 0 fully saturated rings. The van der Waals surface area contributed by atoms with Gasteiger partial charge in [0.15, 0.2) is 0 Å². The Balaban J connectivity index is 2.13. The van der Waals surface area contributed by atoms with Crippen LogP contribution in [0.5, 0.6) is 5.75 Å². The zero-order valence-electron chi connectivity index (χ0n) is 15.1. The van der Waals surface area contributed by atoms with Crippen molar-refractivity contribution in [2.45, 2.75) is 6.92 Å². The minimum absolute atomic E-state index is 0.362. The van der Waals surface area contributed by atoms with Gasteiger partial charge in [0.05, 0.1) is 24.8 Å². The van der Waals surface area contributed by atoms with E-state index in [1.807, 2.05) is 24.3 Å². The van der Waals surface area contributed by atoms with Gasteiger partial charge in [0.25, 0.3) is 5.91 Å². The molecule has 7 nitrogen and oxygen atoms in total. The highest BCUT2D eigenvalue weighted by Gasteiger charge is 2.20. The predicted molar refractivity (Wildman–Crippen MR) is 110 cm³/mol. The van der Waals surface area contributed by atoms with Gasteiger partial charge in [-0.3, -0.25) is 9.10 Å². The van der Waals surface area contributed by atoms with Crippen LogP contribution in [-0.2, 0) is 14.8 Å². The number of halogens is 1. The van der Waals surface area contributed by atoms with Crippen molar-refractivity contribution in [2.75, 3.05) is 24.2 Å². The highest BCUT2D eigenvalue weighted by atomic mass is 79.9. The van der Waals surface area contributed by atoms with E-state index in [-0.39, 0.29) is 6.54 Å². The lowest BCUT2D eigenvalue weighted by Crippen LogP contribution is -2.39. The third-order valence-electron chi connectivity index (χ3n) is 3.64. The van der Waals surface area contributed by atoms with E-state index < -0.39 is 15.9 Å². The monoisotopic (exact) mass is 453 g/mol. The van der Waals surface area contributed by atoms with E-state index in [9.17, 15) is 13.2 Å². The number of ether oxygens (including phenoxy) is 1. The number of methoxy groups -OCH3 is 1. The second-order valence-corrected chi connectivity index (χ2v) is 8.53. The number of amides is 1. The number of nitrogens with one attached hydrogen (secondary N) is 1. The van der Waals surface area contributed by atoms with Crippen molar-refractivity contribution in [1.29, 1.82) is 0 Å². The summed E-state index contributed by atoms with van der Waals surface area (Å²) in [5.41, 5.74) is 4.19. The number of sulfonamides is 1. The van der Waals surface area contributed by atoms with Gasteiger partial charge in [0, 0.05) is 4.47 Å². The molecule has 1 N–H and O–H groups in total. The van der Waals surface area contributed by atoms with Crippen molar-refractivity contribution >= 4 is 43.3 Å². The maximum Gasteiger partial charge on any atom is 0.260 e. The SMILES string of the molecule is COc1ccc(N(CC(=O)N/N=C(/C)c2cccc(Br)c2)S(C)(=O)=O)cc1. The molecule has 144 valence electrons. The maximum atomic E-state index is 12.2. The van der Waals surface area contributed by atoms with Crippen molar-refractivity contribution in [2.24, 2.45) is 5.10 Å². The average molecular weight is 454 g/mol. The first-order chi connectivity index (χ1) is 12.7. The number of anilines is 1. The lowest BCUT2D eigenvalue weighted by atomic mass is 10.1. The Morgan fingerprint density at radius 2 is 1.89 bits per heavy atom. The van der Waals surface area contributed by atoms with E-state index in [1.165, 1.54) is 7.11 Å². The first-order valence-electron chi connectivity index (χ1n) is 7.91. The molecule has 2 rings (SSSR count). The third kappa shape index (κ3) is 6.07. The van der Waals surface area contributed by atoms with Crippen molar-refractivity contribution in [3.63, 3.8) is 0 Å². The fourth-order valence-corrected chi connectivity index (χ4v) is 3.49. The first kappa shape index (κ1) is 20.9. The van der Waals surface area contributed by atoms with E-state index in [2.05, 4.69) is 26.5 Å². The van der Waals surface area contributed by atoms with Gasteiger partial charge in [-0.25, -0.2) is 13.8 Å². The van der Waals surface area contributed by atoms with Crippen molar-refractivity contribution in [3.05, 3.63) is 58.6 Å². The maximum absolute atomic E-state index is 12.2. The van der Waals surface area contributed by atoms with Crippen molar-refractivity contribution in [1.82, 2.24) is 5.43 Å². The second-order valence-electron chi connectivity index (χ2n) is 5.71. The zero-order valence-corrected chi connectivity index (χ0v) is 17.5. The summed E-state index contributed by atoms with van der Waals surface area (Å²) in [6.45, 7) is 1.36. The summed E-state index contributed by atoms with van der Waals surface area (Å²) >= 11 is 3.38.